The van der Waals surface area contributed by atoms with Crippen LogP contribution in [0.5, 0.6) is 11.5 Å². The van der Waals surface area contributed by atoms with E-state index < -0.39 is 0 Å². The lowest BCUT2D eigenvalue weighted by atomic mass is 10.0. The van der Waals surface area contributed by atoms with Crippen molar-refractivity contribution in [1.82, 2.24) is 24.6 Å². The van der Waals surface area contributed by atoms with Gasteiger partial charge in [0.25, 0.3) is 0 Å². The number of likely N-dealkylation sites (tertiary alicyclic amines) is 1. The second-order valence-corrected chi connectivity index (χ2v) is 7.41. The van der Waals surface area contributed by atoms with Gasteiger partial charge in [-0.05, 0) is 48.9 Å². The molecule has 5 rings (SSSR count). The van der Waals surface area contributed by atoms with E-state index in [0.29, 0.717) is 6.54 Å². The number of ether oxygens (including phenoxy) is 1. The Morgan fingerprint density at radius 3 is 2.61 bits per heavy atom. The van der Waals surface area contributed by atoms with E-state index in [-0.39, 0.29) is 11.9 Å². The highest BCUT2D eigenvalue weighted by Crippen LogP contribution is 2.30. The molecule has 0 spiro atoms. The van der Waals surface area contributed by atoms with Gasteiger partial charge in [0.05, 0.1) is 18.0 Å². The summed E-state index contributed by atoms with van der Waals surface area (Å²) in [5.74, 6) is 1.50. The van der Waals surface area contributed by atoms with Crippen molar-refractivity contribution in [2.75, 3.05) is 6.54 Å². The lowest BCUT2D eigenvalue weighted by Gasteiger charge is -2.40. The molecule has 1 fully saturated rings. The van der Waals surface area contributed by atoms with Crippen molar-refractivity contribution in [2.45, 2.75) is 19.0 Å². The predicted molar refractivity (Wildman–Crippen MR) is 118 cm³/mol. The Hall–Kier alpha value is -4.00. The summed E-state index contributed by atoms with van der Waals surface area (Å²) in [6.45, 7) is 4.92. The van der Waals surface area contributed by atoms with Gasteiger partial charge in [0, 0.05) is 18.3 Å². The van der Waals surface area contributed by atoms with Crippen molar-refractivity contribution in [2.24, 2.45) is 0 Å². The van der Waals surface area contributed by atoms with Gasteiger partial charge in [-0.15, -0.1) is 0 Å². The van der Waals surface area contributed by atoms with Crippen molar-refractivity contribution >= 4 is 16.9 Å². The van der Waals surface area contributed by atoms with E-state index in [1.165, 1.54) is 12.4 Å². The monoisotopic (exact) mass is 411 g/mol. The van der Waals surface area contributed by atoms with Crippen molar-refractivity contribution in [3.63, 3.8) is 0 Å². The minimum atomic E-state index is -0.0448. The first kappa shape index (κ1) is 19.0. The highest BCUT2D eigenvalue weighted by atomic mass is 16.5. The Labute approximate surface area is 179 Å². The van der Waals surface area contributed by atoms with Crippen LogP contribution in [0.25, 0.3) is 22.3 Å². The first-order valence-corrected chi connectivity index (χ1v) is 10.2. The molecule has 154 valence electrons. The third-order valence-corrected chi connectivity index (χ3v) is 5.50. The van der Waals surface area contributed by atoms with Crippen LogP contribution in [-0.4, -0.2) is 43.1 Å². The summed E-state index contributed by atoms with van der Waals surface area (Å²) >= 11 is 0. The summed E-state index contributed by atoms with van der Waals surface area (Å²) in [6.07, 6.45) is 5.60. The molecule has 7 heteroatoms. The van der Waals surface area contributed by atoms with Crippen LogP contribution >= 0.6 is 0 Å². The second-order valence-electron chi connectivity index (χ2n) is 7.41. The summed E-state index contributed by atoms with van der Waals surface area (Å²) in [4.78, 5) is 22.4. The summed E-state index contributed by atoms with van der Waals surface area (Å²) in [7, 11) is 0. The molecule has 0 saturated carbocycles. The van der Waals surface area contributed by atoms with E-state index in [2.05, 4.69) is 16.5 Å². The van der Waals surface area contributed by atoms with Crippen LogP contribution < -0.4 is 4.74 Å². The van der Waals surface area contributed by atoms with Crippen LogP contribution in [0.15, 0.2) is 79.8 Å². The maximum absolute atomic E-state index is 12.0. The SMILES string of the molecule is C=CC(=O)N1CC[C@@H]1Cn1nc(-c2ccc(Oc3ccccc3)cc2)c2cncnc21. The second kappa shape index (κ2) is 8.02. The summed E-state index contributed by atoms with van der Waals surface area (Å²) < 4.78 is 7.75. The fourth-order valence-electron chi connectivity index (χ4n) is 3.80. The molecule has 31 heavy (non-hydrogen) atoms. The topological polar surface area (TPSA) is 73.1 Å². The lowest BCUT2D eigenvalue weighted by Crippen LogP contribution is -2.52. The van der Waals surface area contributed by atoms with E-state index in [1.807, 2.05) is 64.2 Å². The Bertz CT molecular complexity index is 1230. The zero-order valence-corrected chi connectivity index (χ0v) is 16.9. The minimum Gasteiger partial charge on any atom is -0.457 e. The maximum Gasteiger partial charge on any atom is 0.246 e. The van der Waals surface area contributed by atoms with Crippen LogP contribution in [0.1, 0.15) is 6.42 Å². The number of para-hydroxylation sites is 1. The zero-order valence-electron chi connectivity index (χ0n) is 16.9. The molecule has 0 N–H and O–H groups in total. The van der Waals surface area contributed by atoms with E-state index in [0.717, 1.165) is 46.8 Å². The summed E-state index contributed by atoms with van der Waals surface area (Å²) in [5.41, 5.74) is 2.52. The summed E-state index contributed by atoms with van der Waals surface area (Å²) in [6, 6.07) is 17.6. The van der Waals surface area contributed by atoms with Gasteiger partial charge < -0.3 is 9.64 Å². The van der Waals surface area contributed by atoms with Gasteiger partial charge in [-0.25, -0.2) is 14.6 Å². The Morgan fingerprint density at radius 1 is 1.13 bits per heavy atom. The molecule has 2 aromatic heterocycles. The molecule has 3 heterocycles. The molecule has 2 aromatic carbocycles. The quantitative estimate of drug-likeness (QED) is 0.447. The number of carbonyl (C=O) groups is 1. The molecule has 1 amide bonds. The number of benzene rings is 2. The van der Waals surface area contributed by atoms with E-state index in [9.17, 15) is 4.79 Å². The van der Waals surface area contributed by atoms with Crippen molar-refractivity contribution in [3.8, 4) is 22.8 Å². The molecule has 0 unspecified atom stereocenters. The highest BCUT2D eigenvalue weighted by molar-refractivity contribution is 5.90. The van der Waals surface area contributed by atoms with Gasteiger partial charge in [-0.2, -0.15) is 5.10 Å². The van der Waals surface area contributed by atoms with Crippen molar-refractivity contribution < 1.29 is 9.53 Å². The molecule has 1 aliphatic rings. The maximum atomic E-state index is 12.0. The van der Waals surface area contributed by atoms with Crippen molar-refractivity contribution in [1.29, 1.82) is 0 Å². The Balaban J connectivity index is 1.42. The zero-order chi connectivity index (χ0) is 21.2. The standard InChI is InChI=1S/C24H21N5O2/c1-2-22(30)28-13-12-18(28)15-29-24-21(14-25-16-26-24)23(27-29)17-8-10-20(11-9-17)31-19-6-4-3-5-7-19/h2-11,14,16,18H,1,12-13,15H2/t18-/m1/s1. The third kappa shape index (κ3) is 3.66. The molecule has 1 saturated heterocycles. The van der Waals surface area contributed by atoms with Gasteiger partial charge in [0.1, 0.15) is 23.5 Å². The highest BCUT2D eigenvalue weighted by Gasteiger charge is 2.32. The van der Waals surface area contributed by atoms with Gasteiger partial charge in [-0.1, -0.05) is 24.8 Å². The van der Waals surface area contributed by atoms with Crippen LogP contribution in [0.2, 0.25) is 0 Å². The number of amides is 1. The van der Waals surface area contributed by atoms with Crippen LogP contribution in [-0.2, 0) is 11.3 Å². The van der Waals surface area contributed by atoms with E-state index >= 15 is 0 Å². The first-order chi connectivity index (χ1) is 15.2. The number of fused-ring (bicyclic) bond motifs is 1. The number of rotatable bonds is 6. The fourth-order valence-corrected chi connectivity index (χ4v) is 3.80. The van der Waals surface area contributed by atoms with Gasteiger partial charge in [0.2, 0.25) is 5.91 Å². The molecule has 1 atom stereocenters. The molecular formula is C24H21N5O2. The molecule has 0 aliphatic carbocycles. The smallest absolute Gasteiger partial charge is 0.246 e. The Kier molecular flexibility index (Phi) is 4.92. The molecule has 0 bridgehead atoms. The van der Waals surface area contributed by atoms with Gasteiger partial charge >= 0.3 is 0 Å². The van der Waals surface area contributed by atoms with Gasteiger partial charge in [0.15, 0.2) is 5.65 Å². The van der Waals surface area contributed by atoms with Crippen LogP contribution in [0, 0.1) is 0 Å². The average molecular weight is 411 g/mol. The van der Waals surface area contributed by atoms with Crippen LogP contribution in [0.4, 0.5) is 0 Å². The lowest BCUT2D eigenvalue weighted by molar-refractivity contribution is -0.133. The van der Waals surface area contributed by atoms with Crippen LogP contribution in [0.3, 0.4) is 0 Å². The number of hydrogen-bond acceptors (Lipinski definition) is 5. The fraction of sp³-hybridized carbons (Fsp3) is 0.167. The minimum absolute atomic E-state index is 0.0448. The van der Waals surface area contributed by atoms with E-state index in [1.54, 1.807) is 6.20 Å². The average Bonchev–Trinajstić information content (AvgIpc) is 3.16. The molecule has 0 radical (unpaired) electrons. The third-order valence-electron chi connectivity index (χ3n) is 5.50. The Morgan fingerprint density at radius 2 is 1.90 bits per heavy atom. The summed E-state index contributed by atoms with van der Waals surface area (Å²) in [5, 5.41) is 5.70. The molecular weight excluding hydrogens is 390 g/mol. The molecule has 7 nitrogen and oxygen atoms in total. The molecule has 1 aliphatic heterocycles. The first-order valence-electron chi connectivity index (χ1n) is 10.2. The number of carbonyl (C=O) groups excluding carboxylic acids is 1. The van der Waals surface area contributed by atoms with Gasteiger partial charge in [-0.3, -0.25) is 4.79 Å². The normalized spacial score (nSPS) is 15.5. The number of aromatic nitrogens is 4. The van der Waals surface area contributed by atoms with E-state index in [4.69, 9.17) is 9.84 Å². The predicted octanol–water partition coefficient (Wildman–Crippen LogP) is 4.07. The molecule has 4 aromatic rings. The number of nitrogens with zero attached hydrogens (tertiary/aromatic N) is 5. The van der Waals surface area contributed by atoms with Crippen molar-refractivity contribution in [3.05, 3.63) is 79.8 Å². The largest absolute Gasteiger partial charge is 0.457 e. The number of hydrogen-bond donors (Lipinski definition) is 0.